The van der Waals surface area contributed by atoms with Crippen LogP contribution in [0.5, 0.6) is 0 Å². The summed E-state index contributed by atoms with van der Waals surface area (Å²) in [6, 6.07) is 0. The van der Waals surface area contributed by atoms with Gasteiger partial charge in [-0.2, -0.15) is 8.42 Å². The Kier molecular flexibility index (Phi) is 2.95. The fourth-order valence-electron chi connectivity index (χ4n) is 3.40. The van der Waals surface area contributed by atoms with Crippen molar-refractivity contribution in [2.75, 3.05) is 6.79 Å². The Balaban J connectivity index is 1.60. The van der Waals surface area contributed by atoms with Gasteiger partial charge in [0.1, 0.15) is 6.10 Å². The first kappa shape index (κ1) is 13.1. The molecular formula is C12H16O6S. The van der Waals surface area contributed by atoms with Gasteiger partial charge in [-0.05, 0) is 25.7 Å². The number of fused-ring (bicyclic) bond motifs is 1. The average Bonchev–Trinajstić information content (AvgIpc) is 2.91. The fourth-order valence-corrected chi connectivity index (χ4v) is 5.28. The molecule has 0 radical (unpaired) electrons. The minimum absolute atomic E-state index is 0.0387. The van der Waals surface area contributed by atoms with Crippen molar-refractivity contribution in [1.29, 1.82) is 0 Å². The van der Waals surface area contributed by atoms with Crippen LogP contribution in [0.15, 0.2) is 12.2 Å². The summed E-state index contributed by atoms with van der Waals surface area (Å²) < 4.78 is 39.0. The molecule has 2 aliphatic carbocycles. The van der Waals surface area contributed by atoms with E-state index in [0.717, 1.165) is 6.42 Å². The molecule has 19 heavy (non-hydrogen) atoms. The van der Waals surface area contributed by atoms with Gasteiger partial charge in [0, 0.05) is 11.5 Å². The van der Waals surface area contributed by atoms with Gasteiger partial charge in [-0.3, -0.25) is 4.18 Å². The lowest BCUT2D eigenvalue weighted by Crippen LogP contribution is -2.36. The number of carbonyl (C=O) groups excluding carboxylic acids is 1. The molecule has 3 rings (SSSR count). The number of ether oxygens (including phenoxy) is 2. The van der Waals surface area contributed by atoms with Gasteiger partial charge in [0.25, 0.3) is 10.1 Å². The minimum atomic E-state index is -3.42. The Morgan fingerprint density at radius 2 is 2.16 bits per heavy atom. The highest BCUT2D eigenvalue weighted by molar-refractivity contribution is 7.87. The van der Waals surface area contributed by atoms with E-state index in [4.69, 9.17) is 13.7 Å². The molecule has 3 aliphatic rings. The monoisotopic (exact) mass is 288 g/mol. The lowest BCUT2D eigenvalue weighted by Gasteiger charge is -2.24. The number of carbonyl (C=O) groups is 1. The molecule has 0 aromatic carbocycles. The highest BCUT2D eigenvalue weighted by atomic mass is 32.2. The molecule has 5 atom stereocenters. The summed E-state index contributed by atoms with van der Waals surface area (Å²) in [5, 5.41) is -0.361. The molecule has 0 spiro atoms. The SMILES string of the molecule is C=C(C)C(=O)OCOC1C2CC3C1OS(=O)(=O)C3C2. The predicted molar refractivity (Wildman–Crippen MR) is 64.4 cm³/mol. The van der Waals surface area contributed by atoms with E-state index in [0.29, 0.717) is 12.0 Å². The van der Waals surface area contributed by atoms with E-state index in [2.05, 4.69) is 6.58 Å². The van der Waals surface area contributed by atoms with Crippen molar-refractivity contribution >= 4 is 16.1 Å². The van der Waals surface area contributed by atoms with Crippen LogP contribution >= 0.6 is 0 Å². The van der Waals surface area contributed by atoms with Crippen LogP contribution in [0.1, 0.15) is 19.8 Å². The Labute approximate surface area is 111 Å². The van der Waals surface area contributed by atoms with Crippen LogP contribution in [-0.2, 0) is 28.6 Å². The lowest BCUT2D eigenvalue weighted by molar-refractivity contribution is -0.163. The van der Waals surface area contributed by atoms with Crippen LogP contribution in [0.3, 0.4) is 0 Å². The third-order valence-corrected chi connectivity index (χ3v) is 5.99. The smallest absolute Gasteiger partial charge is 0.335 e. The fraction of sp³-hybridized carbons (Fsp3) is 0.750. The Morgan fingerprint density at radius 3 is 2.84 bits per heavy atom. The molecule has 5 unspecified atom stereocenters. The molecule has 1 aliphatic heterocycles. The third-order valence-electron chi connectivity index (χ3n) is 4.21. The van der Waals surface area contributed by atoms with Crippen LogP contribution in [-0.4, -0.2) is 38.6 Å². The number of hydrogen-bond donors (Lipinski definition) is 0. The normalized spacial score (nSPS) is 41.4. The van der Waals surface area contributed by atoms with Gasteiger partial charge < -0.3 is 9.47 Å². The van der Waals surface area contributed by atoms with E-state index in [9.17, 15) is 13.2 Å². The summed E-state index contributed by atoms with van der Waals surface area (Å²) >= 11 is 0. The molecule has 0 aromatic rings. The van der Waals surface area contributed by atoms with Gasteiger partial charge in [-0.25, -0.2) is 4.79 Å². The van der Waals surface area contributed by atoms with Crippen molar-refractivity contribution in [3.8, 4) is 0 Å². The maximum absolute atomic E-state index is 11.7. The molecular weight excluding hydrogens is 272 g/mol. The third kappa shape index (κ3) is 2.00. The molecule has 0 amide bonds. The second-order valence-corrected chi connectivity index (χ2v) is 7.23. The van der Waals surface area contributed by atoms with Crippen molar-refractivity contribution in [1.82, 2.24) is 0 Å². The van der Waals surface area contributed by atoms with E-state index >= 15 is 0 Å². The van der Waals surface area contributed by atoms with Crippen molar-refractivity contribution in [2.45, 2.75) is 37.2 Å². The van der Waals surface area contributed by atoms with Crippen molar-refractivity contribution in [3.05, 3.63) is 12.2 Å². The average molecular weight is 288 g/mol. The summed E-state index contributed by atoms with van der Waals surface area (Å²) in [7, 11) is -3.42. The van der Waals surface area contributed by atoms with Gasteiger partial charge in [-0.15, -0.1) is 0 Å². The van der Waals surface area contributed by atoms with Crippen LogP contribution in [0.2, 0.25) is 0 Å². The summed E-state index contributed by atoms with van der Waals surface area (Å²) in [4.78, 5) is 11.2. The van der Waals surface area contributed by atoms with E-state index in [1.54, 1.807) is 6.92 Å². The van der Waals surface area contributed by atoms with Crippen molar-refractivity contribution < 1.29 is 26.9 Å². The van der Waals surface area contributed by atoms with Gasteiger partial charge in [0.05, 0.1) is 11.4 Å². The largest absolute Gasteiger partial charge is 0.435 e. The molecule has 6 nitrogen and oxygen atoms in total. The molecule has 7 heteroatoms. The van der Waals surface area contributed by atoms with E-state index in [1.165, 1.54) is 0 Å². The van der Waals surface area contributed by atoms with Crippen molar-refractivity contribution in [3.63, 3.8) is 0 Å². The second kappa shape index (κ2) is 4.29. The van der Waals surface area contributed by atoms with Gasteiger partial charge in [-0.1, -0.05) is 6.58 Å². The van der Waals surface area contributed by atoms with E-state index < -0.39 is 22.2 Å². The molecule has 2 bridgehead atoms. The Bertz CT molecular complexity index is 524. The van der Waals surface area contributed by atoms with Crippen LogP contribution in [0, 0.1) is 11.8 Å². The minimum Gasteiger partial charge on any atom is -0.435 e. The number of rotatable bonds is 4. The quantitative estimate of drug-likeness (QED) is 0.326. The molecule has 106 valence electrons. The molecule has 1 saturated heterocycles. The summed E-state index contributed by atoms with van der Waals surface area (Å²) in [5.74, 6) is -0.293. The van der Waals surface area contributed by atoms with Gasteiger partial charge in [0.2, 0.25) is 0 Å². The van der Waals surface area contributed by atoms with Crippen LogP contribution < -0.4 is 0 Å². The van der Waals surface area contributed by atoms with Crippen LogP contribution in [0.25, 0.3) is 0 Å². The number of esters is 1. The zero-order valence-electron chi connectivity index (χ0n) is 10.6. The maximum Gasteiger partial charge on any atom is 0.335 e. The summed E-state index contributed by atoms with van der Waals surface area (Å²) in [5.41, 5.74) is 0.302. The first-order valence-corrected chi connectivity index (χ1v) is 7.73. The Morgan fingerprint density at radius 1 is 1.42 bits per heavy atom. The standard InChI is InChI=1S/C12H16O6S/c1-6(2)12(13)17-5-16-10-7-3-8-9(4-7)19(14,15)18-11(8)10/h7-11H,1,3-5H2,2H3. The number of hydrogen-bond acceptors (Lipinski definition) is 6. The van der Waals surface area contributed by atoms with E-state index in [-0.39, 0.29) is 30.0 Å². The van der Waals surface area contributed by atoms with Gasteiger partial charge in [0.15, 0.2) is 6.79 Å². The first-order valence-electron chi connectivity index (χ1n) is 6.26. The summed E-state index contributed by atoms with van der Waals surface area (Å²) in [6.45, 7) is 4.83. The Hall–Kier alpha value is -0.920. The van der Waals surface area contributed by atoms with E-state index in [1.807, 2.05) is 0 Å². The predicted octanol–water partition coefficient (Wildman–Crippen LogP) is 0.585. The maximum atomic E-state index is 11.7. The van der Waals surface area contributed by atoms with Gasteiger partial charge >= 0.3 is 5.97 Å². The first-order chi connectivity index (χ1) is 8.90. The lowest BCUT2D eigenvalue weighted by atomic mass is 9.94. The molecule has 3 fully saturated rings. The summed E-state index contributed by atoms with van der Waals surface area (Å²) in [6.07, 6.45) is 0.699. The van der Waals surface area contributed by atoms with Crippen molar-refractivity contribution in [2.24, 2.45) is 11.8 Å². The molecule has 1 heterocycles. The topological polar surface area (TPSA) is 78.9 Å². The zero-order valence-corrected chi connectivity index (χ0v) is 11.4. The molecule has 0 aromatic heterocycles. The van der Waals surface area contributed by atoms with Crippen LogP contribution in [0.4, 0.5) is 0 Å². The zero-order chi connectivity index (χ0) is 13.8. The molecule has 0 N–H and O–H groups in total. The highest BCUT2D eigenvalue weighted by Crippen LogP contribution is 2.55. The highest BCUT2D eigenvalue weighted by Gasteiger charge is 2.64. The molecule has 2 saturated carbocycles. The second-order valence-electron chi connectivity index (χ2n) is 5.45.